The minimum Gasteiger partial charge on any atom is -0.495 e. The number of anilines is 2. The molecule has 0 radical (unpaired) electrons. The van der Waals surface area contributed by atoms with Crippen LogP contribution in [0.5, 0.6) is 5.75 Å². The van der Waals surface area contributed by atoms with E-state index in [4.69, 9.17) is 16.3 Å². The fourth-order valence-electron chi connectivity index (χ4n) is 2.12. The van der Waals surface area contributed by atoms with Crippen molar-refractivity contribution in [1.29, 1.82) is 0 Å². The quantitative estimate of drug-likeness (QED) is 0.783. The first-order valence-corrected chi connectivity index (χ1v) is 8.15. The molecule has 0 aliphatic rings. The van der Waals surface area contributed by atoms with Crippen molar-refractivity contribution in [3.05, 3.63) is 53.1 Å². The van der Waals surface area contributed by atoms with Crippen LogP contribution in [0.25, 0.3) is 0 Å². The molecular formula is C19H21ClN2O3. The molecule has 0 aromatic heterocycles. The number of hydrogen-bond acceptors (Lipinski definition) is 3. The lowest BCUT2D eigenvalue weighted by Gasteiger charge is -2.23. The number of rotatable bonds is 5. The second-order valence-electron chi connectivity index (χ2n) is 6.24. The van der Waals surface area contributed by atoms with E-state index >= 15 is 0 Å². The van der Waals surface area contributed by atoms with Crippen LogP contribution in [0.2, 0.25) is 5.02 Å². The number of aryl methyl sites for hydroxylation is 1. The van der Waals surface area contributed by atoms with Crippen LogP contribution in [0.15, 0.2) is 42.5 Å². The number of hydrogen-bond donors (Lipinski definition) is 2. The smallest absolute Gasteiger partial charge is 0.239 e. The molecule has 0 aliphatic carbocycles. The van der Waals surface area contributed by atoms with Crippen LogP contribution in [0.3, 0.4) is 0 Å². The second kappa shape index (κ2) is 7.57. The van der Waals surface area contributed by atoms with Gasteiger partial charge in [-0.25, -0.2) is 0 Å². The molecule has 5 nitrogen and oxygen atoms in total. The van der Waals surface area contributed by atoms with Crippen LogP contribution >= 0.6 is 11.6 Å². The highest BCUT2D eigenvalue weighted by atomic mass is 35.5. The van der Waals surface area contributed by atoms with Gasteiger partial charge in [0.2, 0.25) is 11.8 Å². The van der Waals surface area contributed by atoms with Crippen molar-refractivity contribution in [2.24, 2.45) is 5.41 Å². The molecule has 2 amide bonds. The standard InChI is InChI=1S/C19H21ClN2O3/c1-12-5-10-16(25-4)15(11-12)22-18(24)19(2,3)17(23)21-14-8-6-13(20)7-9-14/h5-11H,1-4H3,(H,21,23)(H,22,24). The molecule has 0 bridgehead atoms. The second-order valence-corrected chi connectivity index (χ2v) is 6.68. The van der Waals surface area contributed by atoms with Crippen molar-refractivity contribution in [3.8, 4) is 5.75 Å². The van der Waals surface area contributed by atoms with Gasteiger partial charge in [0.1, 0.15) is 11.2 Å². The van der Waals surface area contributed by atoms with E-state index in [9.17, 15) is 9.59 Å². The van der Waals surface area contributed by atoms with E-state index in [0.717, 1.165) is 5.56 Å². The van der Waals surface area contributed by atoms with E-state index in [1.807, 2.05) is 13.0 Å². The van der Waals surface area contributed by atoms with E-state index in [1.165, 1.54) is 7.11 Å². The lowest BCUT2D eigenvalue weighted by Crippen LogP contribution is -2.41. The predicted molar refractivity (Wildman–Crippen MR) is 100 cm³/mol. The van der Waals surface area contributed by atoms with E-state index in [2.05, 4.69) is 10.6 Å². The summed E-state index contributed by atoms with van der Waals surface area (Å²) in [5, 5.41) is 6.07. The molecule has 0 saturated carbocycles. The van der Waals surface area contributed by atoms with E-state index in [0.29, 0.717) is 22.1 Å². The zero-order chi connectivity index (χ0) is 18.6. The molecule has 6 heteroatoms. The fraction of sp³-hybridized carbons (Fsp3) is 0.263. The van der Waals surface area contributed by atoms with Crippen LogP contribution in [0.4, 0.5) is 11.4 Å². The van der Waals surface area contributed by atoms with Crippen LogP contribution in [-0.2, 0) is 9.59 Å². The lowest BCUT2D eigenvalue weighted by molar-refractivity contribution is -0.135. The highest BCUT2D eigenvalue weighted by Gasteiger charge is 2.36. The van der Waals surface area contributed by atoms with Gasteiger partial charge in [-0.1, -0.05) is 17.7 Å². The van der Waals surface area contributed by atoms with Gasteiger partial charge in [0.15, 0.2) is 0 Å². The highest BCUT2D eigenvalue weighted by Crippen LogP contribution is 2.28. The van der Waals surface area contributed by atoms with E-state index < -0.39 is 17.2 Å². The van der Waals surface area contributed by atoms with Gasteiger partial charge in [-0.3, -0.25) is 9.59 Å². The minimum absolute atomic E-state index is 0.418. The van der Waals surface area contributed by atoms with Crippen LogP contribution in [-0.4, -0.2) is 18.9 Å². The number of ether oxygens (including phenoxy) is 1. The number of carbonyl (C=O) groups excluding carboxylic acids is 2. The predicted octanol–water partition coefficient (Wildman–Crippen LogP) is 4.26. The maximum atomic E-state index is 12.7. The summed E-state index contributed by atoms with van der Waals surface area (Å²) in [5.74, 6) is -0.310. The van der Waals surface area contributed by atoms with Crippen LogP contribution in [0, 0.1) is 12.3 Å². The molecule has 0 atom stereocenters. The highest BCUT2D eigenvalue weighted by molar-refractivity contribution is 6.30. The average molecular weight is 361 g/mol. The normalized spacial score (nSPS) is 10.9. The molecule has 2 aromatic rings. The van der Waals surface area contributed by atoms with Gasteiger partial charge in [0.25, 0.3) is 0 Å². The monoisotopic (exact) mass is 360 g/mol. The summed E-state index contributed by atoms with van der Waals surface area (Å²) < 4.78 is 5.25. The van der Waals surface area contributed by atoms with Gasteiger partial charge in [0, 0.05) is 10.7 Å². The number of carbonyl (C=O) groups is 2. The molecule has 25 heavy (non-hydrogen) atoms. The number of amides is 2. The van der Waals surface area contributed by atoms with Gasteiger partial charge < -0.3 is 15.4 Å². The van der Waals surface area contributed by atoms with Crippen molar-refractivity contribution >= 4 is 34.8 Å². The SMILES string of the molecule is COc1ccc(C)cc1NC(=O)C(C)(C)C(=O)Nc1ccc(Cl)cc1. The first-order chi connectivity index (χ1) is 11.7. The largest absolute Gasteiger partial charge is 0.495 e. The Morgan fingerprint density at radius 3 is 2.20 bits per heavy atom. The summed E-state index contributed by atoms with van der Waals surface area (Å²) in [6, 6.07) is 12.1. The Hall–Kier alpha value is -2.53. The maximum absolute atomic E-state index is 12.7. The van der Waals surface area contributed by atoms with Crippen molar-refractivity contribution in [2.45, 2.75) is 20.8 Å². The summed E-state index contributed by atoms with van der Waals surface area (Å²) >= 11 is 5.83. The lowest BCUT2D eigenvalue weighted by atomic mass is 9.90. The Morgan fingerprint density at radius 1 is 1.00 bits per heavy atom. The Bertz CT molecular complexity index is 786. The zero-order valence-electron chi connectivity index (χ0n) is 14.6. The van der Waals surface area contributed by atoms with Gasteiger partial charge in [-0.05, 0) is 62.7 Å². The summed E-state index contributed by atoms with van der Waals surface area (Å²) in [4.78, 5) is 25.2. The average Bonchev–Trinajstić information content (AvgIpc) is 2.57. The number of benzene rings is 2. The first kappa shape index (κ1) is 18.8. The van der Waals surface area contributed by atoms with Crippen molar-refractivity contribution in [3.63, 3.8) is 0 Å². The molecule has 0 fully saturated rings. The number of halogens is 1. The molecule has 0 spiro atoms. The Labute approximate surface area is 152 Å². The third kappa shape index (κ3) is 4.51. The van der Waals surface area contributed by atoms with Gasteiger partial charge >= 0.3 is 0 Å². The third-order valence-electron chi connectivity index (χ3n) is 3.84. The Kier molecular flexibility index (Phi) is 5.69. The summed E-state index contributed by atoms with van der Waals surface area (Å²) in [5.41, 5.74) is 0.789. The third-order valence-corrected chi connectivity index (χ3v) is 4.09. The molecule has 0 unspecified atom stereocenters. The number of nitrogens with one attached hydrogen (secondary N) is 2. The molecule has 132 valence electrons. The molecule has 0 aliphatic heterocycles. The molecule has 2 aromatic carbocycles. The number of methoxy groups -OCH3 is 1. The topological polar surface area (TPSA) is 67.4 Å². The van der Waals surface area contributed by atoms with Crippen molar-refractivity contribution in [1.82, 2.24) is 0 Å². The van der Waals surface area contributed by atoms with Crippen molar-refractivity contribution in [2.75, 3.05) is 17.7 Å². The summed E-state index contributed by atoms with van der Waals surface area (Å²) in [6.45, 7) is 5.04. The van der Waals surface area contributed by atoms with Gasteiger partial charge in [-0.15, -0.1) is 0 Å². The molecular weight excluding hydrogens is 340 g/mol. The fourth-order valence-corrected chi connectivity index (χ4v) is 2.25. The summed E-state index contributed by atoms with van der Waals surface area (Å²) in [6.07, 6.45) is 0. The maximum Gasteiger partial charge on any atom is 0.239 e. The van der Waals surface area contributed by atoms with Crippen LogP contribution in [0.1, 0.15) is 19.4 Å². The molecule has 2 N–H and O–H groups in total. The molecule has 0 heterocycles. The van der Waals surface area contributed by atoms with Gasteiger partial charge in [-0.2, -0.15) is 0 Å². The van der Waals surface area contributed by atoms with E-state index in [1.54, 1.807) is 50.2 Å². The Balaban J connectivity index is 2.15. The summed E-state index contributed by atoms with van der Waals surface area (Å²) in [7, 11) is 1.53. The minimum atomic E-state index is -1.28. The van der Waals surface area contributed by atoms with Crippen LogP contribution < -0.4 is 15.4 Å². The molecule has 0 saturated heterocycles. The van der Waals surface area contributed by atoms with Crippen molar-refractivity contribution < 1.29 is 14.3 Å². The Morgan fingerprint density at radius 2 is 1.60 bits per heavy atom. The first-order valence-electron chi connectivity index (χ1n) is 7.77. The zero-order valence-corrected chi connectivity index (χ0v) is 15.4. The van der Waals surface area contributed by atoms with Gasteiger partial charge in [0.05, 0.1) is 12.8 Å². The van der Waals surface area contributed by atoms with E-state index in [-0.39, 0.29) is 0 Å². The molecule has 2 rings (SSSR count).